The van der Waals surface area contributed by atoms with Gasteiger partial charge in [0.1, 0.15) is 35.1 Å². The molecule has 0 fully saturated rings. The second kappa shape index (κ2) is 7.74. The number of aryl methyl sites for hydroxylation is 1. The molecule has 0 radical (unpaired) electrons. The van der Waals surface area contributed by atoms with E-state index in [0.717, 1.165) is 5.56 Å². The summed E-state index contributed by atoms with van der Waals surface area (Å²) in [7, 11) is 3.03. The standard InChI is InChI=1S/C20H19NO5/c1-13-17(21-19(26-13)14-7-5-4-6-8-14)12-25-20(22)16-10-9-15(23-2)11-18(16)24-3/h4-11H,12H2,1-3H3. The van der Waals surface area contributed by atoms with Crippen molar-refractivity contribution in [3.63, 3.8) is 0 Å². The largest absolute Gasteiger partial charge is 0.497 e. The van der Waals surface area contributed by atoms with Gasteiger partial charge in [-0.15, -0.1) is 0 Å². The molecule has 0 saturated carbocycles. The van der Waals surface area contributed by atoms with Gasteiger partial charge >= 0.3 is 5.97 Å². The average Bonchev–Trinajstić information content (AvgIpc) is 3.07. The Kier molecular flexibility index (Phi) is 5.22. The molecule has 2 aromatic carbocycles. The summed E-state index contributed by atoms with van der Waals surface area (Å²) in [5.74, 6) is 1.58. The minimum Gasteiger partial charge on any atom is -0.497 e. The first kappa shape index (κ1) is 17.5. The summed E-state index contributed by atoms with van der Waals surface area (Å²) in [5.41, 5.74) is 1.76. The Bertz CT molecular complexity index is 902. The van der Waals surface area contributed by atoms with E-state index in [1.54, 1.807) is 32.2 Å². The second-order valence-corrected chi connectivity index (χ2v) is 5.53. The molecular formula is C20H19NO5. The van der Waals surface area contributed by atoms with Gasteiger partial charge < -0.3 is 18.6 Å². The van der Waals surface area contributed by atoms with Crippen molar-refractivity contribution in [2.24, 2.45) is 0 Å². The zero-order valence-electron chi connectivity index (χ0n) is 14.8. The number of oxazole rings is 1. The molecule has 0 amide bonds. The summed E-state index contributed by atoms with van der Waals surface area (Å²) < 4.78 is 21.4. The van der Waals surface area contributed by atoms with E-state index in [4.69, 9.17) is 18.6 Å². The molecule has 3 rings (SSSR count). The fraction of sp³-hybridized carbons (Fsp3) is 0.200. The van der Waals surface area contributed by atoms with Crippen molar-refractivity contribution in [1.29, 1.82) is 0 Å². The smallest absolute Gasteiger partial charge is 0.342 e. The molecule has 0 unspecified atom stereocenters. The molecule has 6 heteroatoms. The zero-order chi connectivity index (χ0) is 18.5. The SMILES string of the molecule is COc1ccc(C(=O)OCc2nc(-c3ccccc3)oc2C)c(OC)c1. The molecule has 0 atom stereocenters. The van der Waals surface area contributed by atoms with E-state index in [-0.39, 0.29) is 6.61 Å². The molecule has 1 heterocycles. The number of rotatable bonds is 6. The van der Waals surface area contributed by atoms with Crippen LogP contribution in [0.25, 0.3) is 11.5 Å². The van der Waals surface area contributed by atoms with Gasteiger partial charge in [-0.2, -0.15) is 0 Å². The van der Waals surface area contributed by atoms with Crippen LogP contribution in [0.1, 0.15) is 21.8 Å². The maximum absolute atomic E-state index is 12.4. The van der Waals surface area contributed by atoms with Crippen LogP contribution in [0.5, 0.6) is 11.5 Å². The van der Waals surface area contributed by atoms with E-state index in [1.807, 2.05) is 30.3 Å². The number of carbonyl (C=O) groups excluding carboxylic acids is 1. The van der Waals surface area contributed by atoms with E-state index in [9.17, 15) is 4.79 Å². The maximum Gasteiger partial charge on any atom is 0.342 e. The van der Waals surface area contributed by atoms with Gasteiger partial charge in [-0.05, 0) is 31.2 Å². The Morgan fingerprint density at radius 3 is 2.54 bits per heavy atom. The number of aromatic nitrogens is 1. The lowest BCUT2D eigenvalue weighted by atomic mass is 10.2. The monoisotopic (exact) mass is 353 g/mol. The first-order valence-electron chi connectivity index (χ1n) is 8.03. The summed E-state index contributed by atoms with van der Waals surface area (Å²) >= 11 is 0. The highest BCUT2D eigenvalue weighted by Gasteiger charge is 2.17. The van der Waals surface area contributed by atoms with E-state index < -0.39 is 5.97 Å². The van der Waals surface area contributed by atoms with Crippen molar-refractivity contribution in [2.45, 2.75) is 13.5 Å². The third kappa shape index (κ3) is 3.69. The summed E-state index contributed by atoms with van der Waals surface area (Å²) in [6.07, 6.45) is 0. The fourth-order valence-corrected chi connectivity index (χ4v) is 2.44. The van der Waals surface area contributed by atoms with Crippen LogP contribution >= 0.6 is 0 Å². The quantitative estimate of drug-likeness (QED) is 0.623. The Balaban J connectivity index is 1.73. The van der Waals surface area contributed by atoms with Crippen molar-refractivity contribution in [1.82, 2.24) is 4.98 Å². The highest BCUT2D eigenvalue weighted by Crippen LogP contribution is 2.26. The minimum absolute atomic E-state index is 0.0101. The normalized spacial score (nSPS) is 10.4. The van der Waals surface area contributed by atoms with Crippen LogP contribution in [0, 0.1) is 6.92 Å². The van der Waals surface area contributed by atoms with Gasteiger partial charge in [0.2, 0.25) is 5.89 Å². The molecule has 0 saturated heterocycles. The molecule has 0 N–H and O–H groups in total. The Morgan fingerprint density at radius 1 is 1.08 bits per heavy atom. The lowest BCUT2D eigenvalue weighted by Crippen LogP contribution is -2.08. The molecule has 1 aromatic heterocycles. The fourth-order valence-electron chi connectivity index (χ4n) is 2.44. The lowest BCUT2D eigenvalue weighted by Gasteiger charge is -2.09. The maximum atomic E-state index is 12.4. The Labute approximate surface area is 151 Å². The summed E-state index contributed by atoms with van der Waals surface area (Å²) in [6.45, 7) is 1.80. The summed E-state index contributed by atoms with van der Waals surface area (Å²) in [6, 6.07) is 14.5. The number of hydrogen-bond donors (Lipinski definition) is 0. The third-order valence-electron chi connectivity index (χ3n) is 3.88. The third-order valence-corrected chi connectivity index (χ3v) is 3.88. The van der Waals surface area contributed by atoms with Crippen LogP contribution in [-0.2, 0) is 11.3 Å². The number of carbonyl (C=O) groups is 1. The predicted molar refractivity (Wildman–Crippen MR) is 95.3 cm³/mol. The van der Waals surface area contributed by atoms with Crippen LogP contribution in [0.3, 0.4) is 0 Å². The molecule has 0 aliphatic heterocycles. The molecule has 134 valence electrons. The van der Waals surface area contributed by atoms with Gasteiger partial charge in [-0.1, -0.05) is 18.2 Å². The number of methoxy groups -OCH3 is 2. The van der Waals surface area contributed by atoms with Gasteiger partial charge in [0.15, 0.2) is 0 Å². The topological polar surface area (TPSA) is 70.8 Å². The first-order chi connectivity index (χ1) is 12.6. The number of nitrogens with zero attached hydrogens (tertiary/aromatic N) is 1. The highest BCUT2D eigenvalue weighted by molar-refractivity contribution is 5.92. The van der Waals surface area contributed by atoms with Gasteiger partial charge in [-0.3, -0.25) is 0 Å². The first-order valence-corrected chi connectivity index (χ1v) is 8.03. The van der Waals surface area contributed by atoms with Crippen molar-refractivity contribution >= 4 is 5.97 Å². The van der Waals surface area contributed by atoms with Crippen molar-refractivity contribution in [3.8, 4) is 23.0 Å². The van der Waals surface area contributed by atoms with Gasteiger partial charge in [0, 0.05) is 11.6 Å². The molecule has 0 bridgehead atoms. The molecule has 26 heavy (non-hydrogen) atoms. The Morgan fingerprint density at radius 2 is 1.85 bits per heavy atom. The summed E-state index contributed by atoms with van der Waals surface area (Å²) in [4.78, 5) is 16.8. The van der Waals surface area contributed by atoms with Crippen molar-refractivity contribution in [2.75, 3.05) is 14.2 Å². The van der Waals surface area contributed by atoms with E-state index in [2.05, 4.69) is 4.98 Å². The zero-order valence-corrected chi connectivity index (χ0v) is 14.8. The number of esters is 1. The highest BCUT2D eigenvalue weighted by atomic mass is 16.5. The number of benzene rings is 2. The van der Waals surface area contributed by atoms with E-state index in [1.165, 1.54) is 7.11 Å². The molecule has 6 nitrogen and oxygen atoms in total. The molecule has 0 spiro atoms. The van der Waals surface area contributed by atoms with Gasteiger partial charge in [0.05, 0.1) is 14.2 Å². The molecule has 3 aromatic rings. The predicted octanol–water partition coefficient (Wildman–Crippen LogP) is 4.02. The summed E-state index contributed by atoms with van der Waals surface area (Å²) in [5, 5.41) is 0. The molecular weight excluding hydrogens is 334 g/mol. The lowest BCUT2D eigenvalue weighted by molar-refractivity contribution is 0.0463. The number of ether oxygens (including phenoxy) is 3. The number of hydrogen-bond acceptors (Lipinski definition) is 6. The van der Waals surface area contributed by atoms with Crippen LogP contribution in [0.15, 0.2) is 52.9 Å². The van der Waals surface area contributed by atoms with Crippen molar-refractivity contribution < 1.29 is 23.4 Å². The Hall–Kier alpha value is -3.28. The molecule has 0 aliphatic carbocycles. The van der Waals surface area contributed by atoms with Crippen LogP contribution < -0.4 is 9.47 Å². The second-order valence-electron chi connectivity index (χ2n) is 5.53. The average molecular weight is 353 g/mol. The van der Waals surface area contributed by atoms with E-state index >= 15 is 0 Å². The van der Waals surface area contributed by atoms with Crippen LogP contribution in [0.4, 0.5) is 0 Å². The minimum atomic E-state index is -0.506. The molecule has 0 aliphatic rings. The van der Waals surface area contributed by atoms with Crippen molar-refractivity contribution in [3.05, 3.63) is 65.5 Å². The van der Waals surface area contributed by atoms with Gasteiger partial charge in [-0.25, -0.2) is 9.78 Å². The van der Waals surface area contributed by atoms with Crippen LogP contribution in [0.2, 0.25) is 0 Å². The van der Waals surface area contributed by atoms with Gasteiger partial charge in [0.25, 0.3) is 0 Å². The van der Waals surface area contributed by atoms with Crippen LogP contribution in [-0.4, -0.2) is 25.2 Å². The van der Waals surface area contributed by atoms with E-state index in [0.29, 0.717) is 34.4 Å².